The molecular weight excluding hydrogens is 272 g/mol. The van der Waals surface area contributed by atoms with E-state index in [0.717, 1.165) is 6.42 Å². The largest absolute Gasteiger partial charge is 0.481 e. The molecular formula is C13H32O2Si3. The molecule has 0 unspecified atom stereocenters. The lowest BCUT2D eigenvalue weighted by atomic mass is 10.3. The summed E-state index contributed by atoms with van der Waals surface area (Å²) in [5.74, 6) is -0.630. The van der Waals surface area contributed by atoms with E-state index in [1.54, 1.807) is 0 Å². The van der Waals surface area contributed by atoms with Gasteiger partial charge in [-0.25, -0.2) is 0 Å². The molecule has 0 saturated carbocycles. The third-order valence-corrected chi connectivity index (χ3v) is 26.5. The Hall–Kier alpha value is 0.121. The molecule has 0 aliphatic rings. The van der Waals surface area contributed by atoms with Crippen LogP contribution in [0, 0.1) is 0 Å². The Morgan fingerprint density at radius 1 is 0.833 bits per heavy atom. The van der Waals surface area contributed by atoms with Gasteiger partial charge in [-0.1, -0.05) is 58.9 Å². The molecule has 0 bridgehead atoms. The zero-order valence-electron chi connectivity index (χ0n) is 13.8. The Morgan fingerprint density at radius 3 is 1.28 bits per heavy atom. The van der Waals surface area contributed by atoms with Crippen molar-refractivity contribution in [2.45, 2.75) is 76.0 Å². The molecule has 0 amide bonds. The van der Waals surface area contributed by atoms with Gasteiger partial charge in [-0.3, -0.25) is 4.79 Å². The van der Waals surface area contributed by atoms with Gasteiger partial charge in [0.2, 0.25) is 0 Å². The van der Waals surface area contributed by atoms with Crippen molar-refractivity contribution in [2.75, 3.05) is 0 Å². The van der Waals surface area contributed by atoms with Crippen molar-refractivity contribution < 1.29 is 9.90 Å². The van der Waals surface area contributed by atoms with Crippen molar-refractivity contribution in [3.05, 3.63) is 0 Å². The van der Waals surface area contributed by atoms with Gasteiger partial charge in [0, 0.05) is 30.6 Å². The summed E-state index contributed by atoms with van der Waals surface area (Å²) < 4.78 is 0.380. The van der Waals surface area contributed by atoms with Crippen LogP contribution in [0.15, 0.2) is 0 Å². The fourth-order valence-electron chi connectivity index (χ4n) is 4.79. The highest BCUT2D eigenvalue weighted by molar-refractivity contribution is 7.15. The smallest absolute Gasteiger partial charge is 0.303 e. The summed E-state index contributed by atoms with van der Waals surface area (Å²) in [6.45, 7) is 22.0. The predicted octanol–water partition coefficient (Wildman–Crippen LogP) is 4.68. The minimum absolute atomic E-state index is 0.346. The molecule has 0 aliphatic heterocycles. The van der Waals surface area contributed by atoms with Crippen LogP contribution in [0.1, 0.15) is 12.8 Å². The second-order valence-corrected chi connectivity index (χ2v) is 26.1. The first-order valence-electron chi connectivity index (χ1n) is 6.88. The predicted molar refractivity (Wildman–Crippen MR) is 89.6 cm³/mol. The Balaban J connectivity index is 5.83. The number of carboxylic acids is 1. The molecule has 0 fully saturated rings. The summed E-state index contributed by atoms with van der Waals surface area (Å²) in [4.78, 5) is 11.1. The molecule has 0 atom stereocenters. The number of carboxylic acid groups (broad SMARTS) is 1. The van der Waals surface area contributed by atoms with Crippen molar-refractivity contribution in [1.82, 2.24) is 0 Å². The molecule has 0 rings (SSSR count). The average Bonchev–Trinajstić information content (AvgIpc) is 1.94. The van der Waals surface area contributed by atoms with Gasteiger partial charge in [0.1, 0.15) is 0 Å². The lowest BCUT2D eigenvalue weighted by molar-refractivity contribution is -0.137. The summed E-state index contributed by atoms with van der Waals surface area (Å²) >= 11 is 0. The highest BCUT2D eigenvalue weighted by Crippen LogP contribution is 2.56. The summed E-state index contributed by atoms with van der Waals surface area (Å²) in [6.07, 6.45) is 1.25. The molecule has 1 N–H and O–H groups in total. The third-order valence-electron chi connectivity index (χ3n) is 4.55. The van der Waals surface area contributed by atoms with E-state index in [1.165, 1.54) is 0 Å². The molecule has 18 heavy (non-hydrogen) atoms. The maximum atomic E-state index is 11.1. The Morgan fingerprint density at radius 2 is 1.11 bits per heavy atom. The van der Waals surface area contributed by atoms with E-state index in [0.29, 0.717) is 10.7 Å². The van der Waals surface area contributed by atoms with Crippen LogP contribution in [-0.2, 0) is 4.79 Å². The Labute approximate surface area is 116 Å². The quantitative estimate of drug-likeness (QED) is 0.723. The SMILES string of the molecule is C[Si](C)(C)C(CCC(=O)O)([Si](C)(C)C)[Si](C)(C)C. The number of aliphatic carboxylic acids is 1. The van der Waals surface area contributed by atoms with Crippen LogP contribution in [0.3, 0.4) is 0 Å². The van der Waals surface area contributed by atoms with Crippen molar-refractivity contribution in [3.8, 4) is 0 Å². The molecule has 0 aromatic rings. The summed E-state index contributed by atoms with van der Waals surface area (Å²) in [5.41, 5.74) is 0. The first-order chi connectivity index (χ1) is 7.67. The molecule has 0 aliphatic carbocycles. The topological polar surface area (TPSA) is 37.3 Å². The second-order valence-electron chi connectivity index (χ2n) is 8.55. The minimum atomic E-state index is -1.41. The van der Waals surface area contributed by atoms with Crippen molar-refractivity contribution in [2.24, 2.45) is 0 Å². The fourth-order valence-corrected chi connectivity index (χ4v) is 34.4. The van der Waals surface area contributed by atoms with Crippen molar-refractivity contribution in [3.63, 3.8) is 0 Å². The molecule has 0 heterocycles. The number of hydrogen-bond donors (Lipinski definition) is 1. The van der Waals surface area contributed by atoms with Crippen LogP contribution in [-0.4, -0.2) is 35.3 Å². The normalized spacial score (nSPS) is 14.7. The van der Waals surface area contributed by atoms with Crippen molar-refractivity contribution >= 4 is 30.2 Å². The van der Waals surface area contributed by atoms with Crippen LogP contribution < -0.4 is 0 Å². The summed E-state index contributed by atoms with van der Waals surface area (Å²) in [5, 5.41) is 9.12. The lowest BCUT2D eigenvalue weighted by Gasteiger charge is -2.59. The lowest BCUT2D eigenvalue weighted by Crippen LogP contribution is -2.65. The molecule has 0 saturated heterocycles. The van der Waals surface area contributed by atoms with E-state index in [-0.39, 0.29) is 0 Å². The molecule has 5 heteroatoms. The maximum Gasteiger partial charge on any atom is 0.303 e. The van der Waals surface area contributed by atoms with Gasteiger partial charge in [0.05, 0.1) is 0 Å². The highest BCUT2D eigenvalue weighted by atomic mass is 28.5. The van der Waals surface area contributed by atoms with Crippen LogP contribution >= 0.6 is 0 Å². The van der Waals surface area contributed by atoms with Gasteiger partial charge < -0.3 is 5.11 Å². The first-order valence-corrected chi connectivity index (χ1v) is 17.4. The zero-order chi connectivity index (χ0) is 15.0. The monoisotopic (exact) mass is 304 g/mol. The molecule has 0 spiro atoms. The van der Waals surface area contributed by atoms with E-state index in [1.807, 2.05) is 0 Å². The molecule has 108 valence electrons. The zero-order valence-corrected chi connectivity index (χ0v) is 16.8. The van der Waals surface area contributed by atoms with Gasteiger partial charge in [-0.2, -0.15) is 0 Å². The standard InChI is InChI=1S/C13H32O2Si3/c1-16(2,3)13(17(4,5)6,18(7,8)9)11-10-12(14)15/h10-11H2,1-9H3,(H,14,15). The van der Waals surface area contributed by atoms with E-state index < -0.39 is 30.2 Å². The Kier molecular flexibility index (Phi) is 5.28. The van der Waals surface area contributed by atoms with Crippen LogP contribution in [0.25, 0.3) is 0 Å². The van der Waals surface area contributed by atoms with E-state index in [4.69, 9.17) is 5.11 Å². The molecule has 2 nitrogen and oxygen atoms in total. The molecule has 0 radical (unpaired) electrons. The number of carbonyl (C=O) groups is 1. The third kappa shape index (κ3) is 3.36. The maximum absolute atomic E-state index is 11.1. The van der Waals surface area contributed by atoms with Gasteiger partial charge >= 0.3 is 5.97 Å². The van der Waals surface area contributed by atoms with Gasteiger partial charge in [0.25, 0.3) is 0 Å². The highest BCUT2D eigenvalue weighted by Gasteiger charge is 2.59. The number of hydrogen-bond acceptors (Lipinski definition) is 1. The fraction of sp³-hybridized carbons (Fsp3) is 0.923. The van der Waals surface area contributed by atoms with E-state index in [9.17, 15) is 4.79 Å². The van der Waals surface area contributed by atoms with Gasteiger partial charge in [-0.05, 0) is 10.7 Å². The van der Waals surface area contributed by atoms with E-state index in [2.05, 4.69) is 58.9 Å². The summed E-state index contributed by atoms with van der Waals surface area (Å²) in [6, 6.07) is 0. The average molecular weight is 305 g/mol. The van der Waals surface area contributed by atoms with E-state index >= 15 is 0 Å². The Bertz CT molecular complexity index is 270. The summed E-state index contributed by atoms with van der Waals surface area (Å²) in [7, 11) is -4.24. The molecule has 0 aromatic carbocycles. The molecule has 0 aromatic heterocycles. The van der Waals surface area contributed by atoms with Crippen LogP contribution in [0.5, 0.6) is 0 Å². The van der Waals surface area contributed by atoms with Crippen LogP contribution in [0.4, 0.5) is 0 Å². The van der Waals surface area contributed by atoms with Gasteiger partial charge in [-0.15, -0.1) is 0 Å². The van der Waals surface area contributed by atoms with Crippen LogP contribution in [0.2, 0.25) is 63.2 Å². The number of rotatable bonds is 6. The van der Waals surface area contributed by atoms with Crippen molar-refractivity contribution in [1.29, 1.82) is 0 Å². The minimum Gasteiger partial charge on any atom is -0.481 e. The van der Waals surface area contributed by atoms with Gasteiger partial charge in [0.15, 0.2) is 0 Å². The first kappa shape index (κ1) is 18.1. The second kappa shape index (κ2) is 5.25.